The van der Waals surface area contributed by atoms with Crippen molar-refractivity contribution in [3.63, 3.8) is 0 Å². The van der Waals surface area contributed by atoms with Crippen molar-refractivity contribution in [3.8, 4) is 11.8 Å². The van der Waals surface area contributed by atoms with Gasteiger partial charge in [-0.2, -0.15) is 4.98 Å². The minimum Gasteiger partial charge on any atom is -0.424 e. The molecule has 0 aliphatic heterocycles. The SMILES string of the molecule is CCCNCc1cnc(Oc2ccc(Br)c(F)c2)nc1C. The average Bonchev–Trinajstić information content (AvgIpc) is 2.45. The minimum absolute atomic E-state index is 0.216. The van der Waals surface area contributed by atoms with E-state index in [0.717, 1.165) is 30.8 Å². The highest BCUT2D eigenvalue weighted by molar-refractivity contribution is 9.10. The summed E-state index contributed by atoms with van der Waals surface area (Å²) in [4.78, 5) is 8.45. The third kappa shape index (κ3) is 4.47. The van der Waals surface area contributed by atoms with Crippen molar-refractivity contribution >= 4 is 15.9 Å². The monoisotopic (exact) mass is 353 g/mol. The van der Waals surface area contributed by atoms with Crippen LogP contribution in [-0.4, -0.2) is 16.5 Å². The average molecular weight is 354 g/mol. The van der Waals surface area contributed by atoms with Crippen molar-refractivity contribution in [3.05, 3.63) is 45.9 Å². The van der Waals surface area contributed by atoms with Crippen LogP contribution in [0.1, 0.15) is 24.6 Å². The summed E-state index contributed by atoms with van der Waals surface area (Å²) >= 11 is 3.10. The fourth-order valence-corrected chi connectivity index (χ4v) is 1.99. The summed E-state index contributed by atoms with van der Waals surface area (Å²) in [6.45, 7) is 5.70. The molecule has 2 aromatic rings. The Morgan fingerprint density at radius 3 is 2.86 bits per heavy atom. The molecule has 1 aromatic heterocycles. The van der Waals surface area contributed by atoms with Gasteiger partial charge in [-0.3, -0.25) is 0 Å². The van der Waals surface area contributed by atoms with Crippen LogP contribution in [0.4, 0.5) is 4.39 Å². The molecule has 2 rings (SSSR count). The molecule has 0 bridgehead atoms. The summed E-state index contributed by atoms with van der Waals surface area (Å²) in [5, 5.41) is 3.30. The fourth-order valence-electron chi connectivity index (χ4n) is 1.74. The number of ether oxygens (including phenoxy) is 1. The number of benzene rings is 1. The van der Waals surface area contributed by atoms with Gasteiger partial charge in [0.05, 0.1) is 4.47 Å². The first-order chi connectivity index (χ1) is 10.1. The smallest absolute Gasteiger partial charge is 0.322 e. The molecule has 112 valence electrons. The fraction of sp³-hybridized carbons (Fsp3) is 0.333. The molecular weight excluding hydrogens is 337 g/mol. The van der Waals surface area contributed by atoms with Crippen molar-refractivity contribution in [1.29, 1.82) is 0 Å². The topological polar surface area (TPSA) is 47.0 Å². The zero-order chi connectivity index (χ0) is 15.2. The molecule has 0 saturated heterocycles. The van der Waals surface area contributed by atoms with E-state index in [4.69, 9.17) is 4.74 Å². The van der Waals surface area contributed by atoms with Gasteiger partial charge < -0.3 is 10.1 Å². The molecule has 0 aliphatic carbocycles. The summed E-state index contributed by atoms with van der Waals surface area (Å²) in [6.07, 6.45) is 2.81. The Bertz CT molecular complexity index is 622. The van der Waals surface area contributed by atoms with Crippen molar-refractivity contribution < 1.29 is 9.13 Å². The van der Waals surface area contributed by atoms with Crippen LogP contribution in [0, 0.1) is 12.7 Å². The summed E-state index contributed by atoms with van der Waals surface area (Å²) in [5.74, 6) is -0.0171. The van der Waals surface area contributed by atoms with Crippen LogP contribution in [0.2, 0.25) is 0 Å². The lowest BCUT2D eigenvalue weighted by atomic mass is 10.2. The quantitative estimate of drug-likeness (QED) is 0.798. The number of nitrogens with zero attached hydrogens (tertiary/aromatic N) is 2. The van der Waals surface area contributed by atoms with Crippen LogP contribution in [0.25, 0.3) is 0 Å². The van der Waals surface area contributed by atoms with Gasteiger partial charge in [0.2, 0.25) is 0 Å². The van der Waals surface area contributed by atoms with Gasteiger partial charge in [0.15, 0.2) is 0 Å². The minimum atomic E-state index is -0.385. The number of aryl methyl sites for hydroxylation is 1. The zero-order valence-electron chi connectivity index (χ0n) is 12.0. The molecule has 6 heteroatoms. The van der Waals surface area contributed by atoms with E-state index in [2.05, 4.69) is 38.1 Å². The van der Waals surface area contributed by atoms with E-state index in [0.29, 0.717) is 10.2 Å². The maximum absolute atomic E-state index is 13.4. The van der Waals surface area contributed by atoms with Crippen LogP contribution in [-0.2, 0) is 6.54 Å². The molecule has 0 aliphatic rings. The lowest BCUT2D eigenvalue weighted by Gasteiger charge is -2.09. The molecule has 0 fully saturated rings. The number of hydrogen-bond donors (Lipinski definition) is 1. The Kier molecular flexibility index (Phi) is 5.64. The Labute approximate surface area is 131 Å². The van der Waals surface area contributed by atoms with Crippen LogP contribution < -0.4 is 10.1 Å². The number of hydrogen-bond acceptors (Lipinski definition) is 4. The number of halogens is 2. The number of rotatable bonds is 6. The molecule has 0 unspecified atom stereocenters. The maximum Gasteiger partial charge on any atom is 0.322 e. The predicted octanol–water partition coefficient (Wildman–Crippen LogP) is 3.98. The molecule has 0 saturated carbocycles. The first-order valence-electron chi connectivity index (χ1n) is 6.76. The van der Waals surface area contributed by atoms with Gasteiger partial charge in [-0.25, -0.2) is 9.37 Å². The summed E-state index contributed by atoms with van der Waals surface area (Å²) in [5.41, 5.74) is 1.87. The van der Waals surface area contributed by atoms with E-state index in [9.17, 15) is 4.39 Å². The van der Waals surface area contributed by atoms with Crippen LogP contribution >= 0.6 is 15.9 Å². The molecule has 4 nitrogen and oxygen atoms in total. The van der Waals surface area contributed by atoms with E-state index >= 15 is 0 Å². The third-order valence-corrected chi connectivity index (χ3v) is 3.54. The van der Waals surface area contributed by atoms with Crippen LogP contribution in [0.3, 0.4) is 0 Å². The highest BCUT2D eigenvalue weighted by atomic mass is 79.9. The van der Waals surface area contributed by atoms with Crippen molar-refractivity contribution in [2.45, 2.75) is 26.8 Å². The first kappa shape index (κ1) is 15.9. The van der Waals surface area contributed by atoms with Gasteiger partial charge in [-0.05, 0) is 48.0 Å². The second-order valence-electron chi connectivity index (χ2n) is 4.62. The number of nitrogens with one attached hydrogen (secondary N) is 1. The standard InChI is InChI=1S/C15H17BrFN3O/c1-3-6-18-8-11-9-19-15(20-10(11)2)21-12-4-5-13(16)14(17)7-12/h4-5,7,9,18H,3,6,8H2,1-2H3. The summed E-state index contributed by atoms with van der Waals surface area (Å²) < 4.78 is 19.3. The van der Waals surface area contributed by atoms with Gasteiger partial charge >= 0.3 is 6.01 Å². The van der Waals surface area contributed by atoms with Crippen LogP contribution in [0.15, 0.2) is 28.9 Å². The zero-order valence-corrected chi connectivity index (χ0v) is 13.6. The molecule has 1 N–H and O–H groups in total. The molecule has 0 radical (unpaired) electrons. The second-order valence-corrected chi connectivity index (χ2v) is 5.47. The lowest BCUT2D eigenvalue weighted by molar-refractivity contribution is 0.435. The lowest BCUT2D eigenvalue weighted by Crippen LogP contribution is -2.15. The van der Waals surface area contributed by atoms with E-state index in [-0.39, 0.29) is 11.8 Å². The molecule has 1 aromatic carbocycles. The third-order valence-electron chi connectivity index (χ3n) is 2.90. The van der Waals surface area contributed by atoms with Crippen molar-refractivity contribution in [2.24, 2.45) is 0 Å². The van der Waals surface area contributed by atoms with E-state index in [1.165, 1.54) is 6.07 Å². The van der Waals surface area contributed by atoms with Gasteiger partial charge in [0.25, 0.3) is 0 Å². The summed E-state index contributed by atoms with van der Waals surface area (Å²) in [6, 6.07) is 4.75. The normalized spacial score (nSPS) is 10.7. The molecule has 0 atom stereocenters. The van der Waals surface area contributed by atoms with E-state index in [1.54, 1.807) is 18.3 Å². The van der Waals surface area contributed by atoms with E-state index in [1.807, 2.05) is 6.92 Å². The Morgan fingerprint density at radius 1 is 1.38 bits per heavy atom. The highest BCUT2D eigenvalue weighted by Crippen LogP contribution is 2.24. The molecule has 0 amide bonds. The highest BCUT2D eigenvalue weighted by Gasteiger charge is 2.07. The first-order valence-corrected chi connectivity index (χ1v) is 7.55. The summed E-state index contributed by atoms with van der Waals surface area (Å²) in [7, 11) is 0. The second kappa shape index (κ2) is 7.47. The maximum atomic E-state index is 13.4. The molecular formula is C15H17BrFN3O. The van der Waals surface area contributed by atoms with Gasteiger partial charge in [0, 0.05) is 30.1 Å². The van der Waals surface area contributed by atoms with Gasteiger partial charge in [-0.15, -0.1) is 0 Å². The Hall–Kier alpha value is -1.53. The largest absolute Gasteiger partial charge is 0.424 e. The van der Waals surface area contributed by atoms with Crippen LogP contribution in [0.5, 0.6) is 11.8 Å². The Morgan fingerprint density at radius 2 is 2.19 bits per heavy atom. The molecule has 1 heterocycles. The van der Waals surface area contributed by atoms with Crippen molar-refractivity contribution in [1.82, 2.24) is 15.3 Å². The molecule has 21 heavy (non-hydrogen) atoms. The van der Waals surface area contributed by atoms with Gasteiger partial charge in [-0.1, -0.05) is 6.92 Å². The Balaban J connectivity index is 2.07. The van der Waals surface area contributed by atoms with E-state index < -0.39 is 0 Å². The predicted molar refractivity (Wildman–Crippen MR) is 82.9 cm³/mol. The molecule has 0 spiro atoms. The van der Waals surface area contributed by atoms with Crippen molar-refractivity contribution in [2.75, 3.05) is 6.54 Å². The number of aromatic nitrogens is 2. The van der Waals surface area contributed by atoms with Gasteiger partial charge in [0.1, 0.15) is 11.6 Å².